The maximum absolute atomic E-state index is 9.44. The summed E-state index contributed by atoms with van der Waals surface area (Å²) >= 11 is 0. The monoisotopic (exact) mass is 145 g/mol. The smallest absolute Gasteiger partial charge is 0.148 e. The van der Waals surface area contributed by atoms with Crippen molar-refractivity contribution >= 4 is 12.0 Å². The molecule has 0 radical (unpaired) electrons. The number of rotatable bonds is 2. The van der Waals surface area contributed by atoms with E-state index in [2.05, 4.69) is 0 Å². The number of nitrogens with one attached hydrogen (secondary N) is 1. The van der Waals surface area contributed by atoms with Crippen molar-refractivity contribution in [3.63, 3.8) is 0 Å². The van der Waals surface area contributed by atoms with Crippen molar-refractivity contribution in [2.24, 2.45) is 0 Å². The number of unbranched alkanes of at least 4 members (excludes halogenated alkanes) is 1. The molecule has 1 N–H and O–H groups in total. The van der Waals surface area contributed by atoms with E-state index in [0.29, 0.717) is 0 Å². The summed E-state index contributed by atoms with van der Waals surface area (Å²) in [6, 6.07) is 0. The van der Waals surface area contributed by atoms with Gasteiger partial charge in [0.2, 0.25) is 0 Å². The van der Waals surface area contributed by atoms with Crippen LogP contribution in [-0.2, 0) is 4.79 Å². The van der Waals surface area contributed by atoms with Crippen LogP contribution in [0.4, 0.5) is 0 Å². The molecule has 0 aromatic carbocycles. The summed E-state index contributed by atoms with van der Waals surface area (Å²) in [5.74, 6) is 0.167. The highest BCUT2D eigenvalue weighted by Gasteiger charge is 1.70. The fourth-order valence-corrected chi connectivity index (χ4v) is 0.203. The first-order chi connectivity index (χ1) is 4.65. The van der Waals surface area contributed by atoms with Crippen molar-refractivity contribution in [3.8, 4) is 0 Å². The van der Waals surface area contributed by atoms with Crippen molar-refractivity contribution in [3.05, 3.63) is 5.21 Å². The second-order valence-corrected chi connectivity index (χ2v) is 2.02. The highest BCUT2D eigenvalue weighted by atomic mass is 16.4. The van der Waals surface area contributed by atoms with Crippen molar-refractivity contribution < 1.29 is 9.95 Å². The molecule has 0 aliphatic carbocycles. The van der Waals surface area contributed by atoms with Crippen LogP contribution in [0.2, 0.25) is 0 Å². The second kappa shape index (κ2) is 11.0. The van der Waals surface area contributed by atoms with Crippen LogP contribution in [0.15, 0.2) is 0 Å². The molecular weight excluding hydrogens is 130 g/mol. The van der Waals surface area contributed by atoms with Gasteiger partial charge in [0.25, 0.3) is 0 Å². The zero-order valence-corrected chi connectivity index (χ0v) is 6.81. The molecule has 0 bridgehead atoms. The Bertz CT molecular complexity index is 95.8. The number of Topliss-reactive ketones (excluding diaryl/α,β-unsaturated/α-hetero) is 1. The Balaban J connectivity index is 0. The molecule has 60 valence electrons. The first-order valence-electron chi connectivity index (χ1n) is 3.31. The average molecular weight is 145 g/mol. The van der Waals surface area contributed by atoms with Crippen LogP contribution in [0.25, 0.3) is 0 Å². The lowest BCUT2D eigenvalue weighted by Crippen LogP contribution is -2.60. The van der Waals surface area contributed by atoms with Crippen LogP contribution in [0, 0.1) is 5.21 Å². The number of carbonyl (C=O) groups is 1. The molecule has 10 heavy (non-hydrogen) atoms. The van der Waals surface area contributed by atoms with Crippen LogP contribution < -0.4 is 5.16 Å². The summed E-state index contributed by atoms with van der Waals surface area (Å²) in [6.07, 6.45) is 3.40. The van der Waals surface area contributed by atoms with Gasteiger partial charge >= 0.3 is 0 Å². The van der Waals surface area contributed by atoms with Crippen molar-refractivity contribution in [1.82, 2.24) is 0 Å². The van der Waals surface area contributed by atoms with Crippen LogP contribution in [0.3, 0.4) is 0 Å². The first kappa shape index (κ1) is 11.9. The SMILES string of the molecule is CC(C)=O.CCCC=[NH+][O-]. The average Bonchev–Trinajstić information content (AvgIpc) is 1.82. The Kier molecular flexibility index (Phi) is 13.1. The zero-order chi connectivity index (χ0) is 8.41. The molecule has 0 aromatic rings. The van der Waals surface area contributed by atoms with E-state index in [4.69, 9.17) is 0 Å². The van der Waals surface area contributed by atoms with E-state index in [1.54, 1.807) is 5.16 Å². The highest BCUT2D eigenvalue weighted by Crippen LogP contribution is 1.73. The van der Waals surface area contributed by atoms with E-state index in [0.717, 1.165) is 12.8 Å². The Morgan fingerprint density at radius 2 is 2.00 bits per heavy atom. The van der Waals surface area contributed by atoms with Gasteiger partial charge in [-0.15, -0.1) is 0 Å². The molecular formula is C7H15NO2. The van der Waals surface area contributed by atoms with Crippen molar-refractivity contribution in [1.29, 1.82) is 0 Å². The lowest BCUT2D eigenvalue weighted by Gasteiger charge is -1.76. The zero-order valence-electron chi connectivity index (χ0n) is 6.81. The maximum Gasteiger partial charge on any atom is 0.148 e. The van der Waals surface area contributed by atoms with Gasteiger partial charge in [-0.2, -0.15) is 0 Å². The van der Waals surface area contributed by atoms with Crippen LogP contribution in [0.1, 0.15) is 33.6 Å². The van der Waals surface area contributed by atoms with E-state index in [1.165, 1.54) is 20.1 Å². The molecule has 0 aliphatic rings. The Hall–Kier alpha value is -0.860. The maximum atomic E-state index is 9.44. The van der Waals surface area contributed by atoms with Crippen molar-refractivity contribution in [2.75, 3.05) is 0 Å². The molecule has 3 heteroatoms. The van der Waals surface area contributed by atoms with Gasteiger partial charge in [0.05, 0.1) is 0 Å². The number of hydrogen-bond donors (Lipinski definition) is 1. The van der Waals surface area contributed by atoms with Gasteiger partial charge in [-0.1, -0.05) is 6.92 Å². The Labute approximate surface area is 61.7 Å². The summed E-state index contributed by atoms with van der Waals surface area (Å²) in [5, 5.41) is 11.1. The van der Waals surface area contributed by atoms with Crippen LogP contribution in [-0.4, -0.2) is 12.0 Å². The minimum absolute atomic E-state index is 0.167. The normalized spacial score (nSPS) is 8.70. The van der Waals surface area contributed by atoms with E-state index in [9.17, 15) is 10.0 Å². The molecule has 0 atom stereocenters. The second-order valence-electron chi connectivity index (χ2n) is 2.02. The van der Waals surface area contributed by atoms with Gasteiger partial charge in [-0.05, 0) is 20.3 Å². The van der Waals surface area contributed by atoms with Crippen LogP contribution in [0.5, 0.6) is 0 Å². The number of hydrogen-bond acceptors (Lipinski definition) is 2. The highest BCUT2D eigenvalue weighted by molar-refractivity contribution is 5.72. The van der Waals surface area contributed by atoms with E-state index >= 15 is 0 Å². The predicted octanol–water partition coefficient (Wildman–Crippen LogP) is 0.0310. The molecule has 0 heterocycles. The van der Waals surface area contributed by atoms with E-state index in [-0.39, 0.29) is 5.78 Å². The van der Waals surface area contributed by atoms with Gasteiger partial charge in [-0.3, -0.25) is 0 Å². The molecule has 0 saturated carbocycles. The lowest BCUT2D eigenvalue weighted by molar-refractivity contribution is -0.368. The summed E-state index contributed by atoms with van der Waals surface area (Å²) in [5.41, 5.74) is 0. The summed E-state index contributed by atoms with van der Waals surface area (Å²) in [7, 11) is 0. The van der Waals surface area contributed by atoms with E-state index in [1.807, 2.05) is 6.92 Å². The quantitative estimate of drug-likeness (QED) is 0.338. The van der Waals surface area contributed by atoms with Crippen molar-refractivity contribution in [2.45, 2.75) is 33.6 Å². The standard InChI is InChI=1S/C4H9NO.C3H6O/c1-2-3-4-5-6;1-3(2)4/h4-5H,2-3H2,1H3;1-2H3. The lowest BCUT2D eigenvalue weighted by atomic mass is 10.4. The molecule has 0 unspecified atom stereocenters. The van der Waals surface area contributed by atoms with Gasteiger partial charge in [0.1, 0.15) is 12.0 Å². The van der Waals surface area contributed by atoms with Gasteiger partial charge in [0, 0.05) is 6.42 Å². The molecule has 0 aliphatic heterocycles. The molecule has 3 nitrogen and oxygen atoms in total. The summed E-state index contributed by atoms with van der Waals surface area (Å²) < 4.78 is 0. The Morgan fingerprint density at radius 1 is 1.60 bits per heavy atom. The molecule has 0 rings (SSSR count). The summed E-state index contributed by atoms with van der Waals surface area (Å²) in [4.78, 5) is 9.44. The molecule has 0 spiro atoms. The van der Waals surface area contributed by atoms with E-state index < -0.39 is 0 Å². The molecule has 0 saturated heterocycles. The third kappa shape index (κ3) is 58.8. The molecule has 0 fully saturated rings. The van der Waals surface area contributed by atoms with Gasteiger partial charge in [0.15, 0.2) is 0 Å². The predicted molar refractivity (Wildman–Crippen MR) is 41.7 cm³/mol. The molecule has 0 aromatic heterocycles. The minimum atomic E-state index is 0.167. The minimum Gasteiger partial charge on any atom is -0.626 e. The first-order valence-corrected chi connectivity index (χ1v) is 3.31. The van der Waals surface area contributed by atoms with Gasteiger partial charge in [-0.25, -0.2) is 5.16 Å². The van der Waals surface area contributed by atoms with Crippen LogP contribution >= 0.6 is 0 Å². The Morgan fingerprint density at radius 3 is 2.10 bits per heavy atom. The third-order valence-corrected chi connectivity index (χ3v) is 0.516. The summed E-state index contributed by atoms with van der Waals surface area (Å²) in [6.45, 7) is 5.08. The largest absolute Gasteiger partial charge is 0.626 e. The molecule has 0 amide bonds. The fraction of sp³-hybridized carbons (Fsp3) is 0.714. The third-order valence-electron chi connectivity index (χ3n) is 0.516. The fourth-order valence-electron chi connectivity index (χ4n) is 0.203. The van der Waals surface area contributed by atoms with Gasteiger partial charge < -0.3 is 10.0 Å². The topological polar surface area (TPSA) is 54.1 Å². The number of ketones is 1. The number of carbonyl (C=O) groups excluding carboxylic acids is 1.